The van der Waals surface area contributed by atoms with Gasteiger partial charge in [0.25, 0.3) is 5.91 Å². The molecule has 0 unspecified atom stereocenters. The number of piperazine rings is 1. The smallest absolute Gasteiger partial charge is 0.257 e. The molecule has 1 aliphatic rings. The normalized spacial score (nSPS) is 14.7. The first-order valence-corrected chi connectivity index (χ1v) is 7.67. The van der Waals surface area contributed by atoms with E-state index in [1.807, 2.05) is 55.5 Å². The summed E-state index contributed by atoms with van der Waals surface area (Å²) >= 11 is 0. The van der Waals surface area contributed by atoms with Crippen molar-refractivity contribution in [3.8, 4) is 0 Å². The third-order valence-electron chi connectivity index (χ3n) is 3.92. The molecule has 1 amide bonds. The molecule has 2 aromatic rings. The highest BCUT2D eigenvalue weighted by Gasteiger charge is 2.17. The van der Waals surface area contributed by atoms with Gasteiger partial charge in [0.1, 0.15) is 0 Å². The van der Waals surface area contributed by atoms with E-state index >= 15 is 0 Å². The van der Waals surface area contributed by atoms with Gasteiger partial charge in [0.2, 0.25) is 0 Å². The summed E-state index contributed by atoms with van der Waals surface area (Å²) < 4.78 is 0. The summed E-state index contributed by atoms with van der Waals surface area (Å²) in [7, 11) is 0. The fraction of sp³-hybridized carbons (Fsp3) is 0.278. The van der Waals surface area contributed by atoms with E-state index < -0.39 is 0 Å². The van der Waals surface area contributed by atoms with Crippen LogP contribution in [0.4, 0.5) is 11.4 Å². The maximum Gasteiger partial charge on any atom is 0.257 e. The quantitative estimate of drug-likeness (QED) is 0.915. The van der Waals surface area contributed by atoms with E-state index in [1.165, 1.54) is 5.56 Å². The van der Waals surface area contributed by atoms with Crippen LogP contribution in [0.1, 0.15) is 15.9 Å². The molecule has 2 N–H and O–H groups in total. The van der Waals surface area contributed by atoms with Gasteiger partial charge in [-0.25, -0.2) is 0 Å². The lowest BCUT2D eigenvalue weighted by atomic mass is 10.1. The Hall–Kier alpha value is -2.33. The van der Waals surface area contributed by atoms with Crippen molar-refractivity contribution in [3.63, 3.8) is 0 Å². The molecule has 1 saturated heterocycles. The lowest BCUT2D eigenvalue weighted by Crippen LogP contribution is -2.44. The standard InChI is InChI=1S/C18H21N3O/c1-14-6-8-15(9-7-14)20-18(22)16-4-2-3-5-17(16)21-12-10-19-11-13-21/h2-9,19H,10-13H2,1H3,(H,20,22). The van der Waals surface area contributed by atoms with Crippen LogP contribution < -0.4 is 15.5 Å². The van der Waals surface area contributed by atoms with Crippen LogP contribution in [0.25, 0.3) is 0 Å². The number of benzene rings is 2. The van der Waals surface area contributed by atoms with E-state index in [1.54, 1.807) is 0 Å². The molecular formula is C18H21N3O. The number of nitrogens with one attached hydrogen (secondary N) is 2. The van der Waals surface area contributed by atoms with Crippen molar-refractivity contribution < 1.29 is 4.79 Å². The van der Waals surface area contributed by atoms with Crippen molar-refractivity contribution in [1.82, 2.24) is 5.32 Å². The molecule has 22 heavy (non-hydrogen) atoms. The monoisotopic (exact) mass is 295 g/mol. The Bertz CT molecular complexity index is 646. The van der Waals surface area contributed by atoms with Crippen molar-refractivity contribution in [3.05, 3.63) is 59.7 Å². The Balaban J connectivity index is 1.81. The Labute approximate surface area is 131 Å². The summed E-state index contributed by atoms with van der Waals surface area (Å²) in [6.07, 6.45) is 0. The van der Waals surface area contributed by atoms with Gasteiger partial charge < -0.3 is 15.5 Å². The number of aryl methyl sites for hydroxylation is 1. The largest absolute Gasteiger partial charge is 0.368 e. The predicted octanol–water partition coefficient (Wildman–Crippen LogP) is 2.66. The maximum atomic E-state index is 12.6. The van der Waals surface area contributed by atoms with Crippen LogP contribution in [0.15, 0.2) is 48.5 Å². The minimum Gasteiger partial charge on any atom is -0.368 e. The number of hydrogen-bond acceptors (Lipinski definition) is 3. The number of amides is 1. The molecule has 0 aromatic heterocycles. The predicted molar refractivity (Wildman–Crippen MR) is 90.7 cm³/mol. The van der Waals surface area contributed by atoms with Crippen LogP contribution >= 0.6 is 0 Å². The van der Waals surface area contributed by atoms with Crippen LogP contribution in [0, 0.1) is 6.92 Å². The summed E-state index contributed by atoms with van der Waals surface area (Å²) in [5.41, 5.74) is 3.74. The summed E-state index contributed by atoms with van der Waals surface area (Å²) in [5.74, 6) is -0.0574. The fourth-order valence-corrected chi connectivity index (χ4v) is 2.68. The summed E-state index contributed by atoms with van der Waals surface area (Å²) in [6, 6.07) is 15.7. The summed E-state index contributed by atoms with van der Waals surface area (Å²) in [6.45, 7) is 5.79. The van der Waals surface area contributed by atoms with E-state index in [0.717, 1.165) is 43.1 Å². The number of para-hydroxylation sites is 1. The second-order valence-electron chi connectivity index (χ2n) is 5.57. The van der Waals surface area contributed by atoms with Crippen molar-refractivity contribution in [2.45, 2.75) is 6.92 Å². The topological polar surface area (TPSA) is 44.4 Å². The Morgan fingerprint density at radius 3 is 2.45 bits per heavy atom. The minimum atomic E-state index is -0.0574. The molecule has 1 heterocycles. The van der Waals surface area contributed by atoms with E-state index in [9.17, 15) is 4.79 Å². The van der Waals surface area contributed by atoms with Crippen molar-refractivity contribution in [2.24, 2.45) is 0 Å². The highest BCUT2D eigenvalue weighted by atomic mass is 16.1. The number of nitrogens with zero attached hydrogens (tertiary/aromatic N) is 1. The first-order valence-electron chi connectivity index (χ1n) is 7.67. The summed E-state index contributed by atoms with van der Waals surface area (Å²) in [4.78, 5) is 14.9. The Kier molecular flexibility index (Phi) is 4.39. The molecule has 1 fully saturated rings. The van der Waals surface area contributed by atoms with E-state index in [4.69, 9.17) is 0 Å². The molecule has 114 valence electrons. The lowest BCUT2D eigenvalue weighted by Gasteiger charge is -2.30. The zero-order valence-corrected chi connectivity index (χ0v) is 12.8. The Morgan fingerprint density at radius 2 is 1.73 bits per heavy atom. The van der Waals surface area contributed by atoms with Crippen LogP contribution in [0.3, 0.4) is 0 Å². The molecule has 4 heteroatoms. The van der Waals surface area contributed by atoms with Crippen molar-refractivity contribution in [2.75, 3.05) is 36.4 Å². The van der Waals surface area contributed by atoms with Crippen molar-refractivity contribution in [1.29, 1.82) is 0 Å². The van der Waals surface area contributed by atoms with E-state index in [2.05, 4.69) is 15.5 Å². The van der Waals surface area contributed by atoms with Gasteiger partial charge in [-0.15, -0.1) is 0 Å². The molecule has 0 atom stereocenters. The van der Waals surface area contributed by atoms with Gasteiger partial charge in [-0.05, 0) is 31.2 Å². The molecule has 0 aliphatic carbocycles. The third kappa shape index (κ3) is 3.28. The number of anilines is 2. The third-order valence-corrected chi connectivity index (χ3v) is 3.92. The minimum absolute atomic E-state index is 0.0574. The van der Waals surface area contributed by atoms with Gasteiger partial charge in [0, 0.05) is 37.6 Å². The average molecular weight is 295 g/mol. The van der Waals surface area contributed by atoms with Gasteiger partial charge in [-0.2, -0.15) is 0 Å². The lowest BCUT2D eigenvalue weighted by molar-refractivity contribution is 0.102. The van der Waals surface area contributed by atoms with Crippen LogP contribution in [-0.4, -0.2) is 32.1 Å². The number of carbonyl (C=O) groups is 1. The first kappa shape index (κ1) is 14.6. The van der Waals surface area contributed by atoms with Gasteiger partial charge in [-0.3, -0.25) is 4.79 Å². The second-order valence-corrected chi connectivity index (χ2v) is 5.57. The second kappa shape index (κ2) is 6.62. The molecule has 0 spiro atoms. The van der Waals surface area contributed by atoms with Gasteiger partial charge in [0.05, 0.1) is 5.56 Å². The van der Waals surface area contributed by atoms with Gasteiger partial charge in [-0.1, -0.05) is 29.8 Å². The van der Waals surface area contributed by atoms with E-state index in [-0.39, 0.29) is 5.91 Å². The highest BCUT2D eigenvalue weighted by molar-refractivity contribution is 6.08. The van der Waals surface area contributed by atoms with Gasteiger partial charge in [0.15, 0.2) is 0 Å². The molecule has 0 radical (unpaired) electrons. The van der Waals surface area contributed by atoms with E-state index in [0.29, 0.717) is 0 Å². The first-order chi connectivity index (χ1) is 10.7. The molecule has 4 nitrogen and oxygen atoms in total. The van der Waals surface area contributed by atoms with Crippen LogP contribution in [0.5, 0.6) is 0 Å². The number of hydrogen-bond donors (Lipinski definition) is 2. The SMILES string of the molecule is Cc1ccc(NC(=O)c2ccccc2N2CCNCC2)cc1. The van der Waals surface area contributed by atoms with Gasteiger partial charge >= 0.3 is 0 Å². The molecule has 0 saturated carbocycles. The molecule has 0 bridgehead atoms. The molecule has 3 rings (SSSR count). The number of rotatable bonds is 3. The summed E-state index contributed by atoms with van der Waals surface area (Å²) in [5, 5.41) is 6.32. The van der Waals surface area contributed by atoms with Crippen LogP contribution in [0.2, 0.25) is 0 Å². The molecular weight excluding hydrogens is 274 g/mol. The zero-order valence-electron chi connectivity index (χ0n) is 12.8. The Morgan fingerprint density at radius 1 is 1.05 bits per heavy atom. The average Bonchev–Trinajstić information content (AvgIpc) is 2.58. The fourth-order valence-electron chi connectivity index (χ4n) is 2.68. The maximum absolute atomic E-state index is 12.6. The van der Waals surface area contributed by atoms with Crippen LogP contribution in [-0.2, 0) is 0 Å². The molecule has 2 aromatic carbocycles. The highest BCUT2D eigenvalue weighted by Crippen LogP contribution is 2.22. The number of carbonyl (C=O) groups excluding carboxylic acids is 1. The zero-order chi connectivity index (χ0) is 15.4. The molecule has 1 aliphatic heterocycles. The van der Waals surface area contributed by atoms with Crippen molar-refractivity contribution >= 4 is 17.3 Å².